The molecule has 6 aromatic rings. The number of rotatable bonds is 6. The summed E-state index contributed by atoms with van der Waals surface area (Å²) >= 11 is 9.95. The van der Waals surface area contributed by atoms with Gasteiger partial charge in [0.25, 0.3) is 0 Å². The Bertz CT molecular complexity index is 2720. The van der Waals surface area contributed by atoms with Gasteiger partial charge in [0.2, 0.25) is 29.5 Å². The lowest BCUT2D eigenvalue weighted by atomic mass is 9.49. The Hall–Kier alpha value is -6.04. The van der Waals surface area contributed by atoms with Crippen LogP contribution in [0.3, 0.4) is 0 Å². The number of carbonyl (C=O) groups excluding carboxylic acids is 4. The van der Waals surface area contributed by atoms with Crippen LogP contribution >= 0.6 is 27.5 Å². The molecule has 1 saturated carbocycles. The number of methoxy groups -OCH3 is 1. The second-order valence-electron chi connectivity index (χ2n) is 15.2. The Labute approximate surface area is 345 Å². The average Bonchev–Trinajstić information content (AvgIpc) is 3.86. The number of fused-ring (bicyclic) bond motifs is 5. The van der Waals surface area contributed by atoms with Gasteiger partial charge in [-0.2, -0.15) is 0 Å². The van der Waals surface area contributed by atoms with Gasteiger partial charge in [-0.15, -0.1) is 0 Å². The van der Waals surface area contributed by atoms with Gasteiger partial charge >= 0.3 is 0 Å². The van der Waals surface area contributed by atoms with Crippen LogP contribution in [0, 0.1) is 23.7 Å². The van der Waals surface area contributed by atoms with E-state index in [1.54, 1.807) is 60.7 Å². The Balaban J connectivity index is 1.11. The zero-order valence-electron chi connectivity index (χ0n) is 30.8. The number of nitrogens with zero attached hydrogens (tertiary/aromatic N) is 3. The maximum absolute atomic E-state index is 15.5. The molecule has 6 atom stereocenters. The molecule has 12 heteroatoms. The minimum absolute atomic E-state index is 0.120. The van der Waals surface area contributed by atoms with Crippen LogP contribution < -0.4 is 14.5 Å². The second kappa shape index (κ2) is 13.5. The van der Waals surface area contributed by atoms with E-state index in [1.165, 1.54) is 16.9 Å². The molecule has 10 rings (SSSR count). The maximum Gasteiger partial charge on any atom is 0.246 e. The third kappa shape index (κ3) is 5.19. The smallest absolute Gasteiger partial charge is 0.246 e. The lowest BCUT2D eigenvalue weighted by Gasteiger charge is -2.50. The van der Waals surface area contributed by atoms with Crippen LogP contribution in [-0.4, -0.2) is 40.8 Å². The van der Waals surface area contributed by atoms with E-state index in [2.05, 4.69) is 20.9 Å². The molecule has 2 aliphatic carbocycles. The van der Waals surface area contributed by atoms with Gasteiger partial charge < -0.3 is 14.3 Å². The van der Waals surface area contributed by atoms with Crippen molar-refractivity contribution in [2.75, 3.05) is 16.9 Å². The number of hydrogen-bond donors (Lipinski definition) is 1. The van der Waals surface area contributed by atoms with E-state index in [-0.39, 0.29) is 36.2 Å². The molecule has 4 amide bonds. The van der Waals surface area contributed by atoms with Crippen molar-refractivity contribution in [3.63, 3.8) is 0 Å². The van der Waals surface area contributed by atoms with Gasteiger partial charge in [-0.05, 0) is 113 Å². The van der Waals surface area contributed by atoms with Crippen molar-refractivity contribution in [3.8, 4) is 23.0 Å². The number of hydrogen-bond acceptors (Lipinski definition) is 8. The van der Waals surface area contributed by atoms with Crippen molar-refractivity contribution in [1.82, 2.24) is 4.98 Å². The predicted octanol–water partition coefficient (Wildman–Crippen LogP) is 8.99. The molecule has 5 aromatic carbocycles. The number of carbonyl (C=O) groups is 4. The number of aromatic nitrogens is 1. The van der Waals surface area contributed by atoms with Crippen LogP contribution in [0.5, 0.6) is 11.5 Å². The molecular weight excluding hydrogens is 822 g/mol. The first kappa shape index (κ1) is 36.3. The van der Waals surface area contributed by atoms with E-state index in [1.807, 2.05) is 60.7 Å². The van der Waals surface area contributed by atoms with Gasteiger partial charge in [0.05, 0.1) is 46.1 Å². The predicted molar refractivity (Wildman–Crippen MR) is 220 cm³/mol. The van der Waals surface area contributed by atoms with E-state index < -0.39 is 46.8 Å². The molecule has 0 unspecified atom stereocenters. The number of phenolic OH excluding ortho intramolecular Hbond substituents is 1. The Morgan fingerprint density at radius 3 is 2.33 bits per heavy atom. The van der Waals surface area contributed by atoms with Gasteiger partial charge in [-0.1, -0.05) is 71.8 Å². The number of aromatic hydroxyl groups is 1. The lowest BCUT2D eigenvalue weighted by Crippen LogP contribution is -2.53. The highest BCUT2D eigenvalue weighted by Crippen LogP contribution is 2.65. The van der Waals surface area contributed by atoms with Crippen molar-refractivity contribution < 1.29 is 33.4 Å². The third-order valence-corrected chi connectivity index (χ3v) is 13.3. The van der Waals surface area contributed by atoms with Gasteiger partial charge in [-0.25, -0.2) is 9.88 Å². The highest BCUT2D eigenvalue weighted by molar-refractivity contribution is 9.10. The first-order valence-electron chi connectivity index (χ1n) is 18.9. The van der Waals surface area contributed by atoms with Gasteiger partial charge in [0.15, 0.2) is 17.1 Å². The zero-order chi connectivity index (χ0) is 40.0. The van der Waals surface area contributed by atoms with Crippen LogP contribution in [0.1, 0.15) is 29.9 Å². The minimum Gasteiger partial charge on any atom is -0.503 e. The molecular formula is C46H33BrClN3O7. The monoisotopic (exact) mass is 853 g/mol. The summed E-state index contributed by atoms with van der Waals surface area (Å²) in [5.41, 5.74) is 3.35. The molecule has 1 N–H and O–H groups in total. The number of allylic oxidation sites excluding steroid dienone is 2. The Kier molecular flexibility index (Phi) is 8.47. The minimum atomic E-state index is -1.48. The van der Waals surface area contributed by atoms with Crippen LogP contribution in [0.4, 0.5) is 11.4 Å². The van der Waals surface area contributed by atoms with E-state index in [4.69, 9.17) is 20.8 Å². The first-order chi connectivity index (χ1) is 28.1. The summed E-state index contributed by atoms with van der Waals surface area (Å²) in [6, 6.07) is 33.8. The molecule has 2 aliphatic heterocycles. The molecule has 58 heavy (non-hydrogen) atoms. The van der Waals surface area contributed by atoms with E-state index in [9.17, 15) is 14.7 Å². The second-order valence-corrected chi connectivity index (χ2v) is 16.5. The number of oxazole rings is 1. The van der Waals surface area contributed by atoms with Crippen molar-refractivity contribution in [2.45, 2.75) is 24.2 Å². The largest absolute Gasteiger partial charge is 0.503 e. The van der Waals surface area contributed by atoms with Crippen molar-refractivity contribution in [3.05, 3.63) is 148 Å². The molecule has 0 spiro atoms. The molecule has 4 aliphatic rings. The molecule has 1 aromatic heterocycles. The number of ether oxygens (including phenoxy) is 1. The molecule has 10 nitrogen and oxygen atoms in total. The number of amides is 4. The summed E-state index contributed by atoms with van der Waals surface area (Å²) < 4.78 is 11.9. The number of para-hydroxylation sites is 2. The number of anilines is 2. The Morgan fingerprint density at radius 2 is 1.59 bits per heavy atom. The van der Waals surface area contributed by atoms with Gasteiger partial charge in [-0.3, -0.25) is 24.1 Å². The van der Waals surface area contributed by atoms with Gasteiger partial charge in [0.1, 0.15) is 5.52 Å². The standard InChI is InChI=1S/C46H33BrClN3O7/c1-57-37-21-25(20-34(47)40(37)52)39-30-18-19-31-38(44(55)50(42(31)53)28-16-14-24(15-17-28)41-49-35-12-5-6-13-36(35)58-41)32(30)23-33-43(54)51(29-11-7-10-27(48)22-29)45(56)46(33,39)26-8-3-2-4-9-26/h2-18,20-22,31-33,38-39,52H,19,23H2,1H3/t31-,32+,33-,38-,39-,46+/m0/s1. The number of phenols is 1. The van der Waals surface area contributed by atoms with Crippen LogP contribution in [0.2, 0.25) is 5.02 Å². The number of benzene rings is 5. The summed E-state index contributed by atoms with van der Waals surface area (Å²) in [6.45, 7) is 0. The first-order valence-corrected chi connectivity index (χ1v) is 20.1. The van der Waals surface area contributed by atoms with E-state index in [0.29, 0.717) is 49.0 Å². The fraction of sp³-hybridized carbons (Fsp3) is 0.196. The normalized spacial score (nSPS) is 25.2. The average molecular weight is 855 g/mol. The van der Waals surface area contributed by atoms with E-state index >= 15 is 9.59 Å². The van der Waals surface area contributed by atoms with Gasteiger partial charge in [0, 0.05) is 16.5 Å². The SMILES string of the molecule is COc1cc([C@H]2C3=CC[C@@H]4C(=O)N(c5ccc(-c6nc7ccccc7o6)cc5)C(=O)[C@@H]4[C@@H]3C[C@H]3C(=O)N(c4cccc(Cl)c4)C(=O)[C@@]23c2ccccc2)cc(Br)c1O. The summed E-state index contributed by atoms with van der Waals surface area (Å²) in [4.78, 5) is 66.8. The summed E-state index contributed by atoms with van der Waals surface area (Å²) in [7, 11) is 1.44. The molecule has 3 heterocycles. The van der Waals surface area contributed by atoms with E-state index in [0.717, 1.165) is 11.1 Å². The molecule has 2 saturated heterocycles. The number of imide groups is 2. The molecule has 3 fully saturated rings. The molecule has 0 radical (unpaired) electrons. The molecule has 0 bridgehead atoms. The van der Waals surface area contributed by atoms with Crippen LogP contribution in [-0.2, 0) is 24.6 Å². The topological polar surface area (TPSA) is 130 Å². The fourth-order valence-corrected chi connectivity index (χ4v) is 10.7. The van der Waals surface area contributed by atoms with Crippen LogP contribution in [0.15, 0.2) is 136 Å². The lowest BCUT2D eigenvalue weighted by molar-refractivity contribution is -0.127. The van der Waals surface area contributed by atoms with Crippen LogP contribution in [0.25, 0.3) is 22.6 Å². The summed E-state index contributed by atoms with van der Waals surface area (Å²) in [6.07, 6.45) is 2.39. The zero-order valence-corrected chi connectivity index (χ0v) is 33.2. The molecule has 288 valence electrons. The highest BCUT2D eigenvalue weighted by atomic mass is 79.9. The van der Waals surface area contributed by atoms with Crippen molar-refractivity contribution in [1.29, 1.82) is 0 Å². The highest BCUT2D eigenvalue weighted by Gasteiger charge is 2.70. The Morgan fingerprint density at radius 1 is 0.828 bits per heavy atom. The third-order valence-electron chi connectivity index (χ3n) is 12.4. The summed E-state index contributed by atoms with van der Waals surface area (Å²) in [5.74, 6) is -4.88. The quantitative estimate of drug-likeness (QED) is 0.130. The summed E-state index contributed by atoms with van der Waals surface area (Å²) in [5, 5.41) is 11.3. The van der Waals surface area contributed by atoms with Crippen molar-refractivity contribution in [2.24, 2.45) is 23.7 Å². The fourth-order valence-electron chi connectivity index (χ4n) is 10.0. The maximum atomic E-state index is 15.5. The number of halogens is 2. The van der Waals surface area contributed by atoms with Crippen molar-refractivity contribution >= 4 is 73.6 Å².